The molecule has 2 aromatic rings. The molecule has 0 spiro atoms. The fourth-order valence-corrected chi connectivity index (χ4v) is 3.73. The molecule has 0 bridgehead atoms. The Morgan fingerprint density at radius 3 is 2.70 bits per heavy atom. The third-order valence-electron chi connectivity index (χ3n) is 5.15. The van der Waals surface area contributed by atoms with Gasteiger partial charge in [0.05, 0.1) is 19.1 Å². The van der Waals surface area contributed by atoms with Crippen molar-refractivity contribution in [2.45, 2.75) is 32.2 Å². The van der Waals surface area contributed by atoms with Gasteiger partial charge in [-0.2, -0.15) is 0 Å². The SMILES string of the molecule is CCc1ccccc1NC(=O)CNC(=O)CN1CCC[C@H]1c1cccn1C. The highest BCUT2D eigenvalue weighted by Gasteiger charge is 2.28. The number of aromatic nitrogens is 1. The Hall–Kier alpha value is -2.60. The Morgan fingerprint density at radius 2 is 1.96 bits per heavy atom. The van der Waals surface area contributed by atoms with E-state index in [9.17, 15) is 9.59 Å². The second-order valence-electron chi connectivity index (χ2n) is 7.01. The predicted molar refractivity (Wildman–Crippen MR) is 106 cm³/mol. The van der Waals surface area contributed by atoms with Crippen LogP contribution in [0.4, 0.5) is 5.69 Å². The van der Waals surface area contributed by atoms with Crippen LogP contribution in [0, 0.1) is 0 Å². The van der Waals surface area contributed by atoms with Gasteiger partial charge in [0, 0.05) is 24.6 Å². The van der Waals surface area contributed by atoms with Crippen LogP contribution in [0.3, 0.4) is 0 Å². The second kappa shape index (κ2) is 8.86. The van der Waals surface area contributed by atoms with Gasteiger partial charge in [-0.25, -0.2) is 0 Å². The number of carbonyl (C=O) groups excluding carboxylic acids is 2. The highest BCUT2D eigenvalue weighted by atomic mass is 16.2. The van der Waals surface area contributed by atoms with E-state index in [0.29, 0.717) is 6.54 Å². The van der Waals surface area contributed by atoms with Crippen LogP contribution in [0.5, 0.6) is 0 Å². The van der Waals surface area contributed by atoms with Crippen molar-refractivity contribution in [1.82, 2.24) is 14.8 Å². The van der Waals surface area contributed by atoms with Gasteiger partial charge in [0.1, 0.15) is 0 Å². The highest BCUT2D eigenvalue weighted by molar-refractivity contribution is 5.95. The lowest BCUT2D eigenvalue weighted by molar-refractivity contribution is -0.125. The maximum absolute atomic E-state index is 12.3. The lowest BCUT2D eigenvalue weighted by atomic mass is 10.1. The molecule has 0 aliphatic carbocycles. The van der Waals surface area contributed by atoms with Gasteiger partial charge in [-0.15, -0.1) is 0 Å². The molecule has 6 nitrogen and oxygen atoms in total. The van der Waals surface area contributed by atoms with Gasteiger partial charge in [0.15, 0.2) is 0 Å². The van der Waals surface area contributed by atoms with Gasteiger partial charge >= 0.3 is 0 Å². The lowest BCUT2D eigenvalue weighted by Crippen LogP contribution is -2.40. The fraction of sp³-hybridized carbons (Fsp3) is 0.429. The van der Waals surface area contributed by atoms with E-state index in [1.165, 1.54) is 5.69 Å². The van der Waals surface area contributed by atoms with Crippen molar-refractivity contribution in [3.63, 3.8) is 0 Å². The minimum Gasteiger partial charge on any atom is -0.353 e. The van der Waals surface area contributed by atoms with E-state index in [0.717, 1.165) is 37.1 Å². The van der Waals surface area contributed by atoms with Crippen LogP contribution >= 0.6 is 0 Å². The first kappa shape index (κ1) is 19.2. The maximum atomic E-state index is 12.3. The summed E-state index contributed by atoms with van der Waals surface area (Å²) in [4.78, 5) is 26.7. The molecule has 6 heteroatoms. The van der Waals surface area contributed by atoms with Crippen LogP contribution in [0.25, 0.3) is 0 Å². The van der Waals surface area contributed by atoms with E-state index in [-0.39, 0.29) is 24.4 Å². The minimum absolute atomic E-state index is 0.0143. The number of nitrogens with one attached hydrogen (secondary N) is 2. The summed E-state index contributed by atoms with van der Waals surface area (Å²) >= 11 is 0. The van der Waals surface area contributed by atoms with E-state index in [2.05, 4.69) is 26.2 Å². The standard InChI is InChI=1S/C21H28N4O2/c1-3-16-8-4-5-9-17(16)23-20(26)14-22-21(27)15-25-13-7-11-19(25)18-10-6-12-24(18)2/h4-6,8-10,12,19H,3,7,11,13-15H2,1-2H3,(H,22,27)(H,23,26)/t19-/m0/s1. The van der Waals surface area contributed by atoms with Crippen molar-refractivity contribution in [2.75, 3.05) is 25.0 Å². The van der Waals surface area contributed by atoms with Crippen molar-refractivity contribution in [3.8, 4) is 0 Å². The zero-order chi connectivity index (χ0) is 19.2. The lowest BCUT2D eigenvalue weighted by Gasteiger charge is -2.24. The molecule has 1 aliphatic heterocycles. The molecule has 1 aliphatic rings. The third kappa shape index (κ3) is 4.77. The normalized spacial score (nSPS) is 17.0. The van der Waals surface area contributed by atoms with E-state index >= 15 is 0 Å². The highest BCUT2D eigenvalue weighted by Crippen LogP contribution is 2.31. The van der Waals surface area contributed by atoms with Crippen LogP contribution < -0.4 is 10.6 Å². The Balaban J connectivity index is 1.49. The number of nitrogens with zero attached hydrogens (tertiary/aromatic N) is 2. The van der Waals surface area contributed by atoms with Crippen LogP contribution in [0.2, 0.25) is 0 Å². The van der Waals surface area contributed by atoms with Gasteiger partial charge < -0.3 is 15.2 Å². The minimum atomic E-state index is -0.204. The Morgan fingerprint density at radius 1 is 1.15 bits per heavy atom. The van der Waals surface area contributed by atoms with Crippen LogP contribution in [0.15, 0.2) is 42.6 Å². The average molecular weight is 368 g/mol. The molecule has 2 heterocycles. The van der Waals surface area contributed by atoms with Crippen molar-refractivity contribution >= 4 is 17.5 Å². The first-order chi connectivity index (χ1) is 13.1. The van der Waals surface area contributed by atoms with Crippen LogP contribution in [-0.2, 0) is 23.1 Å². The first-order valence-corrected chi connectivity index (χ1v) is 9.58. The maximum Gasteiger partial charge on any atom is 0.243 e. The van der Waals surface area contributed by atoms with Crippen molar-refractivity contribution < 1.29 is 9.59 Å². The number of anilines is 1. The number of rotatable bonds is 7. The second-order valence-corrected chi connectivity index (χ2v) is 7.01. The van der Waals surface area contributed by atoms with Crippen molar-refractivity contribution in [1.29, 1.82) is 0 Å². The number of carbonyl (C=O) groups is 2. The molecule has 1 atom stereocenters. The summed E-state index contributed by atoms with van der Waals surface area (Å²) in [7, 11) is 2.03. The molecule has 3 rings (SSSR count). The number of hydrogen-bond acceptors (Lipinski definition) is 3. The smallest absolute Gasteiger partial charge is 0.243 e. The summed E-state index contributed by atoms with van der Waals surface area (Å²) in [5.41, 5.74) is 3.12. The summed E-state index contributed by atoms with van der Waals surface area (Å²) < 4.78 is 2.11. The van der Waals surface area contributed by atoms with Crippen LogP contribution in [0.1, 0.15) is 37.1 Å². The van der Waals surface area contributed by atoms with Crippen molar-refractivity contribution in [3.05, 3.63) is 53.9 Å². The summed E-state index contributed by atoms with van der Waals surface area (Å²) in [5, 5.41) is 5.63. The largest absolute Gasteiger partial charge is 0.353 e. The molecular formula is C21H28N4O2. The third-order valence-corrected chi connectivity index (χ3v) is 5.15. The molecule has 144 valence electrons. The van der Waals surface area contributed by atoms with Gasteiger partial charge in [0.2, 0.25) is 11.8 Å². The molecule has 0 unspecified atom stereocenters. The molecule has 0 radical (unpaired) electrons. The molecule has 27 heavy (non-hydrogen) atoms. The molecule has 1 saturated heterocycles. The van der Waals surface area contributed by atoms with E-state index < -0.39 is 0 Å². The summed E-state index contributed by atoms with van der Waals surface area (Å²) in [6, 6.07) is 12.1. The number of likely N-dealkylation sites (tertiary alicyclic amines) is 1. The molecule has 2 amide bonds. The van der Waals surface area contributed by atoms with Gasteiger partial charge in [-0.1, -0.05) is 25.1 Å². The number of benzene rings is 1. The molecule has 1 aromatic heterocycles. The van der Waals surface area contributed by atoms with Crippen molar-refractivity contribution in [2.24, 2.45) is 7.05 Å². The van der Waals surface area contributed by atoms with Gasteiger partial charge in [0.25, 0.3) is 0 Å². The Labute approximate surface area is 160 Å². The molecule has 0 saturated carbocycles. The zero-order valence-corrected chi connectivity index (χ0v) is 16.1. The predicted octanol–water partition coefficient (Wildman–Crippen LogP) is 2.48. The van der Waals surface area contributed by atoms with Crippen LogP contribution in [-0.4, -0.2) is 40.9 Å². The number of para-hydroxylation sites is 1. The number of hydrogen-bond donors (Lipinski definition) is 2. The number of aryl methyl sites for hydroxylation is 2. The Kier molecular flexibility index (Phi) is 6.29. The van der Waals surface area contributed by atoms with E-state index in [4.69, 9.17) is 0 Å². The van der Waals surface area contributed by atoms with E-state index in [1.54, 1.807) is 0 Å². The molecule has 1 fully saturated rings. The molecule has 2 N–H and O–H groups in total. The fourth-order valence-electron chi connectivity index (χ4n) is 3.73. The first-order valence-electron chi connectivity index (χ1n) is 9.58. The molecule has 1 aromatic carbocycles. The van der Waals surface area contributed by atoms with E-state index in [1.807, 2.05) is 50.5 Å². The quantitative estimate of drug-likeness (QED) is 0.789. The Bertz CT molecular complexity index is 799. The average Bonchev–Trinajstić information content (AvgIpc) is 3.28. The summed E-state index contributed by atoms with van der Waals surface area (Å²) in [6.45, 7) is 3.25. The number of amides is 2. The topological polar surface area (TPSA) is 66.4 Å². The zero-order valence-electron chi connectivity index (χ0n) is 16.1. The summed E-state index contributed by atoms with van der Waals surface area (Å²) in [6.07, 6.45) is 5.01. The summed E-state index contributed by atoms with van der Waals surface area (Å²) in [5.74, 6) is -0.320. The van der Waals surface area contributed by atoms with Gasteiger partial charge in [-0.05, 0) is 49.6 Å². The molecular weight excluding hydrogens is 340 g/mol. The monoisotopic (exact) mass is 368 g/mol. The van der Waals surface area contributed by atoms with Gasteiger partial charge in [-0.3, -0.25) is 14.5 Å².